The van der Waals surface area contributed by atoms with Gasteiger partial charge in [-0.05, 0) is 0 Å². The number of thiazole rings is 1. The Labute approximate surface area is 128 Å². The van der Waals surface area contributed by atoms with Crippen molar-refractivity contribution in [3.63, 3.8) is 0 Å². The van der Waals surface area contributed by atoms with Crippen molar-refractivity contribution >= 4 is 17.2 Å². The lowest BCUT2D eigenvalue weighted by Crippen LogP contribution is -2.32. The summed E-state index contributed by atoms with van der Waals surface area (Å²) in [6, 6.07) is 0.383. The van der Waals surface area contributed by atoms with Gasteiger partial charge in [0.15, 0.2) is 0 Å². The summed E-state index contributed by atoms with van der Waals surface area (Å²) in [5.74, 6) is 0.365. The van der Waals surface area contributed by atoms with Crippen LogP contribution in [0.2, 0.25) is 0 Å². The topological polar surface area (TPSA) is 54.9 Å². The largest absolute Gasteiger partial charge is 0.379 e. The second-order valence-electron chi connectivity index (χ2n) is 5.76. The van der Waals surface area contributed by atoms with Crippen molar-refractivity contribution in [2.45, 2.75) is 18.7 Å². The normalized spacial score (nSPS) is 28.8. The minimum Gasteiger partial charge on any atom is -0.379 e. The molecular formula is C14H21N3O3S. The summed E-state index contributed by atoms with van der Waals surface area (Å²) in [4.78, 5) is 20.0. The first-order valence-corrected chi connectivity index (χ1v) is 8.05. The molecule has 2 saturated heterocycles. The number of amides is 1. The molecular weight excluding hydrogens is 290 g/mol. The highest BCUT2D eigenvalue weighted by Crippen LogP contribution is 2.33. The number of rotatable bonds is 5. The number of ether oxygens (including phenoxy) is 2. The number of nitrogens with zero attached hydrogens (tertiary/aromatic N) is 3. The van der Waals surface area contributed by atoms with Crippen LogP contribution in [0.1, 0.15) is 5.01 Å². The smallest absolute Gasteiger partial charge is 0.248 e. The Kier molecular flexibility index (Phi) is 4.54. The Morgan fingerprint density at radius 1 is 1.57 bits per heavy atom. The van der Waals surface area contributed by atoms with Crippen LogP contribution < -0.4 is 0 Å². The van der Waals surface area contributed by atoms with Gasteiger partial charge in [-0.25, -0.2) is 4.98 Å². The van der Waals surface area contributed by atoms with Crippen molar-refractivity contribution in [3.05, 3.63) is 16.6 Å². The van der Waals surface area contributed by atoms with E-state index >= 15 is 0 Å². The Balaban J connectivity index is 1.59. The lowest BCUT2D eigenvalue weighted by atomic mass is 10.0. The molecule has 0 aromatic carbocycles. The molecule has 0 aliphatic carbocycles. The second kappa shape index (κ2) is 6.39. The minimum absolute atomic E-state index is 0.00355. The lowest BCUT2D eigenvalue weighted by Gasteiger charge is -2.20. The average Bonchev–Trinajstić information content (AvgIpc) is 3.15. The van der Waals surface area contributed by atoms with Crippen molar-refractivity contribution in [2.75, 3.05) is 40.5 Å². The van der Waals surface area contributed by atoms with Crippen LogP contribution in [-0.4, -0.2) is 73.3 Å². The monoisotopic (exact) mass is 311 g/mol. The molecule has 1 amide bonds. The zero-order chi connectivity index (χ0) is 14.8. The van der Waals surface area contributed by atoms with E-state index in [9.17, 15) is 4.79 Å². The van der Waals surface area contributed by atoms with Crippen LogP contribution in [0, 0.1) is 5.92 Å². The van der Waals surface area contributed by atoms with Gasteiger partial charge in [0, 0.05) is 44.2 Å². The van der Waals surface area contributed by atoms with Crippen LogP contribution in [0.4, 0.5) is 0 Å². The molecule has 3 atom stereocenters. The maximum absolute atomic E-state index is 11.7. The van der Waals surface area contributed by atoms with E-state index in [2.05, 4.69) is 9.88 Å². The third kappa shape index (κ3) is 3.26. The van der Waals surface area contributed by atoms with Gasteiger partial charge in [-0.2, -0.15) is 0 Å². The number of hydrogen-bond donors (Lipinski definition) is 0. The molecule has 6 nitrogen and oxygen atoms in total. The fraction of sp³-hybridized carbons (Fsp3) is 0.714. The van der Waals surface area contributed by atoms with Crippen molar-refractivity contribution in [2.24, 2.45) is 5.92 Å². The number of hydrogen-bond acceptors (Lipinski definition) is 6. The maximum atomic E-state index is 11.7. The quantitative estimate of drug-likeness (QED) is 0.790. The summed E-state index contributed by atoms with van der Waals surface area (Å²) >= 11 is 1.67. The predicted molar refractivity (Wildman–Crippen MR) is 79.1 cm³/mol. The summed E-state index contributed by atoms with van der Waals surface area (Å²) in [6.07, 6.45) is 1.91. The van der Waals surface area contributed by atoms with Gasteiger partial charge in [0.25, 0.3) is 0 Å². The van der Waals surface area contributed by atoms with E-state index in [0.29, 0.717) is 12.0 Å². The summed E-state index contributed by atoms with van der Waals surface area (Å²) in [6.45, 7) is 3.30. The zero-order valence-electron chi connectivity index (χ0n) is 12.4. The van der Waals surface area contributed by atoms with Crippen molar-refractivity contribution in [3.8, 4) is 0 Å². The molecule has 0 spiro atoms. The molecule has 0 radical (unpaired) electrons. The molecule has 1 aromatic heterocycles. The maximum Gasteiger partial charge on any atom is 0.248 e. The highest BCUT2D eigenvalue weighted by atomic mass is 32.1. The number of fused-ring (bicyclic) bond motifs is 1. The van der Waals surface area contributed by atoms with E-state index in [4.69, 9.17) is 9.47 Å². The van der Waals surface area contributed by atoms with Gasteiger partial charge >= 0.3 is 0 Å². The van der Waals surface area contributed by atoms with Gasteiger partial charge < -0.3 is 14.4 Å². The zero-order valence-corrected chi connectivity index (χ0v) is 13.2. The fourth-order valence-corrected chi connectivity index (χ4v) is 3.60. The standard InChI is InChI=1S/C14H21N3O3S/c1-16(2)14(18)9-20-12-5-17(6-13-15-3-4-21-13)11-8-19-7-10(11)12/h3-4,10-12H,5-9H2,1-2H3/t10-,11+,12-/m0/s1. The van der Waals surface area contributed by atoms with E-state index < -0.39 is 0 Å². The van der Waals surface area contributed by atoms with Gasteiger partial charge in [-0.3, -0.25) is 9.69 Å². The van der Waals surface area contributed by atoms with Gasteiger partial charge in [0.05, 0.1) is 25.9 Å². The van der Waals surface area contributed by atoms with Crippen LogP contribution in [0.5, 0.6) is 0 Å². The molecule has 1 aromatic rings. The van der Waals surface area contributed by atoms with Gasteiger partial charge in [0.2, 0.25) is 5.91 Å². The minimum atomic E-state index is 0.00355. The molecule has 2 fully saturated rings. The Morgan fingerprint density at radius 3 is 3.14 bits per heavy atom. The molecule has 116 valence electrons. The molecule has 0 bridgehead atoms. The van der Waals surface area contributed by atoms with Crippen LogP contribution in [0.3, 0.4) is 0 Å². The molecule has 21 heavy (non-hydrogen) atoms. The third-order valence-electron chi connectivity index (χ3n) is 4.20. The average molecular weight is 311 g/mol. The first-order valence-electron chi connectivity index (χ1n) is 7.17. The Hall–Kier alpha value is -1.02. The van der Waals surface area contributed by atoms with Crippen molar-refractivity contribution < 1.29 is 14.3 Å². The van der Waals surface area contributed by atoms with E-state index in [0.717, 1.165) is 31.3 Å². The van der Waals surface area contributed by atoms with E-state index in [1.54, 1.807) is 30.3 Å². The summed E-state index contributed by atoms with van der Waals surface area (Å²) in [7, 11) is 3.49. The predicted octanol–water partition coefficient (Wildman–Crippen LogP) is 0.447. The van der Waals surface area contributed by atoms with Crippen molar-refractivity contribution in [1.29, 1.82) is 0 Å². The molecule has 3 heterocycles. The van der Waals surface area contributed by atoms with Crippen LogP contribution >= 0.6 is 11.3 Å². The first-order chi connectivity index (χ1) is 10.1. The molecule has 0 N–H and O–H groups in total. The molecule has 0 saturated carbocycles. The fourth-order valence-electron chi connectivity index (χ4n) is 2.96. The van der Waals surface area contributed by atoms with Gasteiger partial charge in [0.1, 0.15) is 11.6 Å². The number of aromatic nitrogens is 1. The van der Waals surface area contributed by atoms with Crippen molar-refractivity contribution in [1.82, 2.24) is 14.8 Å². The molecule has 2 aliphatic rings. The summed E-state index contributed by atoms with van der Waals surface area (Å²) in [5, 5.41) is 3.11. The summed E-state index contributed by atoms with van der Waals surface area (Å²) < 4.78 is 11.5. The molecule has 7 heteroatoms. The molecule has 3 rings (SSSR count). The number of likely N-dealkylation sites (N-methyl/N-ethyl adjacent to an activating group) is 1. The second-order valence-corrected chi connectivity index (χ2v) is 6.74. The Bertz CT molecular complexity index is 480. The number of likely N-dealkylation sites (tertiary alicyclic amines) is 1. The highest BCUT2D eigenvalue weighted by molar-refractivity contribution is 7.09. The van der Waals surface area contributed by atoms with E-state index in [1.807, 2.05) is 11.6 Å². The summed E-state index contributed by atoms with van der Waals surface area (Å²) in [5.41, 5.74) is 0. The first kappa shape index (κ1) is 14.9. The number of carbonyl (C=O) groups excluding carboxylic acids is 1. The molecule has 0 unspecified atom stereocenters. The number of carbonyl (C=O) groups is 1. The van der Waals surface area contributed by atoms with Gasteiger partial charge in [-0.15, -0.1) is 11.3 Å². The van der Waals surface area contributed by atoms with Crippen LogP contribution in [0.15, 0.2) is 11.6 Å². The molecule has 2 aliphatic heterocycles. The van der Waals surface area contributed by atoms with Crippen LogP contribution in [-0.2, 0) is 20.8 Å². The van der Waals surface area contributed by atoms with E-state index in [1.165, 1.54) is 0 Å². The Morgan fingerprint density at radius 2 is 2.43 bits per heavy atom. The van der Waals surface area contributed by atoms with E-state index in [-0.39, 0.29) is 18.6 Å². The van der Waals surface area contributed by atoms with Gasteiger partial charge in [-0.1, -0.05) is 0 Å². The highest BCUT2D eigenvalue weighted by Gasteiger charge is 2.46. The SMILES string of the molecule is CN(C)C(=O)CO[C@H]1CN(Cc2nccs2)[C@@H]2COC[C@H]12. The third-order valence-corrected chi connectivity index (χ3v) is 4.96. The lowest BCUT2D eigenvalue weighted by molar-refractivity contribution is -0.136. The van der Waals surface area contributed by atoms with Crippen LogP contribution in [0.25, 0.3) is 0 Å².